The van der Waals surface area contributed by atoms with Gasteiger partial charge < -0.3 is 0 Å². The van der Waals surface area contributed by atoms with Gasteiger partial charge in [0.05, 0.1) is 6.26 Å². The molecule has 0 atom stereocenters. The molecule has 1 rings (SSSR count). The van der Waals surface area contributed by atoms with Gasteiger partial charge in [0, 0.05) is 0 Å². The quantitative estimate of drug-likeness (QED) is 0.344. The minimum absolute atomic E-state index is 0.535. The summed E-state index contributed by atoms with van der Waals surface area (Å²) in [7, 11) is -3.55. The minimum Gasteiger partial charge on any atom is -0.245 e. The Morgan fingerprint density at radius 1 is 1.13 bits per heavy atom. The maximum atomic E-state index is 11.2. The van der Waals surface area contributed by atoms with Crippen LogP contribution < -0.4 is 0 Å². The first-order valence-electron chi connectivity index (χ1n) is 4.88. The van der Waals surface area contributed by atoms with Crippen molar-refractivity contribution in [1.29, 1.82) is 0 Å². The highest BCUT2D eigenvalue weighted by Gasteiger charge is 2.40. The molecule has 1 saturated carbocycles. The SMILES string of the molecule is CS(=O)(=O)OC1(N(Cl)Cl)CCCCCC1. The van der Waals surface area contributed by atoms with E-state index < -0.39 is 15.8 Å². The fraction of sp³-hybridized carbons (Fsp3) is 1.00. The molecule has 1 fully saturated rings. The number of nitrogens with zero attached hydrogens (tertiary/aromatic N) is 1. The van der Waals surface area contributed by atoms with Gasteiger partial charge in [-0.1, -0.05) is 16.8 Å². The van der Waals surface area contributed by atoms with E-state index in [4.69, 9.17) is 27.7 Å². The third-order valence-corrected chi connectivity index (χ3v) is 3.73. The van der Waals surface area contributed by atoms with Crippen molar-refractivity contribution in [2.24, 2.45) is 0 Å². The lowest BCUT2D eigenvalue weighted by atomic mass is 10.1. The first kappa shape index (κ1) is 13.5. The normalized spacial score (nSPS) is 22.7. The largest absolute Gasteiger partial charge is 0.266 e. The summed E-state index contributed by atoms with van der Waals surface area (Å²) in [6.45, 7) is 0. The predicted molar refractivity (Wildman–Crippen MR) is 59.9 cm³/mol. The first-order valence-corrected chi connectivity index (χ1v) is 7.37. The molecule has 0 aromatic heterocycles. The number of halogens is 2. The maximum absolute atomic E-state index is 11.2. The highest BCUT2D eigenvalue weighted by atomic mass is 35.5. The van der Waals surface area contributed by atoms with Crippen LogP contribution in [0.4, 0.5) is 0 Å². The zero-order valence-electron chi connectivity index (χ0n) is 8.58. The molecular weight excluding hydrogens is 261 g/mol. The van der Waals surface area contributed by atoms with E-state index in [1.165, 1.54) is 0 Å². The molecule has 0 aromatic rings. The monoisotopic (exact) mass is 275 g/mol. The Morgan fingerprint density at radius 3 is 1.93 bits per heavy atom. The molecule has 15 heavy (non-hydrogen) atoms. The Labute approximate surface area is 101 Å². The number of hydrogen-bond donors (Lipinski definition) is 0. The van der Waals surface area contributed by atoms with E-state index in [0.717, 1.165) is 35.9 Å². The summed E-state index contributed by atoms with van der Waals surface area (Å²) in [5, 5.41) is 0. The van der Waals surface area contributed by atoms with E-state index in [9.17, 15) is 8.42 Å². The Balaban J connectivity index is 2.85. The third kappa shape index (κ3) is 4.07. The first-order chi connectivity index (χ1) is 6.86. The summed E-state index contributed by atoms with van der Waals surface area (Å²) >= 11 is 11.4. The molecule has 0 saturated heterocycles. The highest BCUT2D eigenvalue weighted by Crippen LogP contribution is 2.37. The summed E-state index contributed by atoms with van der Waals surface area (Å²) in [6, 6.07) is 0. The second-order valence-electron chi connectivity index (χ2n) is 3.88. The van der Waals surface area contributed by atoms with Gasteiger partial charge in [-0.05, 0) is 49.2 Å². The van der Waals surface area contributed by atoms with Gasteiger partial charge in [0.1, 0.15) is 0 Å². The van der Waals surface area contributed by atoms with E-state index in [2.05, 4.69) is 0 Å². The average molecular weight is 276 g/mol. The van der Waals surface area contributed by atoms with Crippen LogP contribution >= 0.6 is 23.6 Å². The van der Waals surface area contributed by atoms with Crippen LogP contribution in [-0.2, 0) is 14.3 Å². The van der Waals surface area contributed by atoms with Gasteiger partial charge in [-0.15, -0.1) is 0 Å². The molecule has 0 unspecified atom stereocenters. The van der Waals surface area contributed by atoms with Crippen molar-refractivity contribution >= 4 is 33.7 Å². The van der Waals surface area contributed by atoms with Crippen LogP contribution in [-0.4, -0.2) is 24.3 Å². The van der Waals surface area contributed by atoms with Crippen LogP contribution in [0.1, 0.15) is 38.5 Å². The molecule has 90 valence electrons. The van der Waals surface area contributed by atoms with Gasteiger partial charge in [0.25, 0.3) is 10.1 Å². The maximum Gasteiger partial charge on any atom is 0.266 e. The second-order valence-corrected chi connectivity index (χ2v) is 6.30. The highest BCUT2D eigenvalue weighted by molar-refractivity contribution is 7.86. The third-order valence-electron chi connectivity index (χ3n) is 2.50. The van der Waals surface area contributed by atoms with Crippen LogP contribution in [0.25, 0.3) is 0 Å². The fourth-order valence-electron chi connectivity index (χ4n) is 1.84. The molecule has 4 nitrogen and oxygen atoms in total. The van der Waals surface area contributed by atoms with E-state index in [0.29, 0.717) is 12.8 Å². The standard InChI is InChI=1S/C8H15Cl2NO3S/c1-15(12,13)14-8(11(9)10)6-4-2-3-5-7-8/h2-7H2,1H3. The van der Waals surface area contributed by atoms with Gasteiger partial charge in [-0.2, -0.15) is 8.42 Å². The molecule has 0 heterocycles. The zero-order chi connectivity index (χ0) is 11.5. The smallest absolute Gasteiger partial charge is 0.245 e. The summed E-state index contributed by atoms with van der Waals surface area (Å²) in [5.74, 6) is 0. The van der Waals surface area contributed by atoms with Crippen molar-refractivity contribution in [3.63, 3.8) is 0 Å². The number of hydrogen-bond acceptors (Lipinski definition) is 4. The lowest BCUT2D eigenvalue weighted by Gasteiger charge is -2.33. The minimum atomic E-state index is -3.55. The van der Waals surface area contributed by atoms with Gasteiger partial charge in [0.15, 0.2) is 5.72 Å². The van der Waals surface area contributed by atoms with Crippen molar-refractivity contribution in [2.75, 3.05) is 6.26 Å². The van der Waals surface area contributed by atoms with Gasteiger partial charge >= 0.3 is 0 Å². The Kier molecular flexibility index (Phi) is 4.67. The molecule has 0 bridgehead atoms. The van der Waals surface area contributed by atoms with Crippen molar-refractivity contribution in [2.45, 2.75) is 44.2 Å². The Hall–Kier alpha value is 0.450. The van der Waals surface area contributed by atoms with E-state index in [-0.39, 0.29) is 0 Å². The van der Waals surface area contributed by atoms with Crippen molar-refractivity contribution in [3.05, 3.63) is 0 Å². The van der Waals surface area contributed by atoms with Gasteiger partial charge in [-0.3, -0.25) is 0 Å². The fourth-order valence-corrected chi connectivity index (χ4v) is 3.14. The van der Waals surface area contributed by atoms with Gasteiger partial charge in [0.2, 0.25) is 0 Å². The van der Waals surface area contributed by atoms with Crippen molar-refractivity contribution < 1.29 is 12.6 Å². The Morgan fingerprint density at radius 2 is 1.60 bits per heavy atom. The molecule has 1 aliphatic rings. The van der Waals surface area contributed by atoms with Crippen LogP contribution in [0.3, 0.4) is 0 Å². The van der Waals surface area contributed by atoms with Crippen LogP contribution in [0.2, 0.25) is 0 Å². The van der Waals surface area contributed by atoms with Crippen LogP contribution in [0, 0.1) is 0 Å². The molecule has 0 radical (unpaired) electrons. The molecule has 0 amide bonds. The van der Waals surface area contributed by atoms with Gasteiger partial charge in [-0.25, -0.2) is 4.18 Å². The Bertz CT molecular complexity index is 297. The van der Waals surface area contributed by atoms with E-state index in [1.54, 1.807) is 0 Å². The average Bonchev–Trinajstić information content (AvgIpc) is 2.28. The van der Waals surface area contributed by atoms with Crippen LogP contribution in [0.5, 0.6) is 0 Å². The molecule has 0 aliphatic heterocycles. The number of rotatable bonds is 3. The molecule has 0 aromatic carbocycles. The molecule has 0 N–H and O–H groups in total. The molecule has 1 aliphatic carbocycles. The lowest BCUT2D eigenvalue weighted by Crippen LogP contribution is -2.42. The van der Waals surface area contributed by atoms with Crippen LogP contribution in [0.15, 0.2) is 0 Å². The van der Waals surface area contributed by atoms with Crippen molar-refractivity contribution in [3.8, 4) is 0 Å². The lowest BCUT2D eigenvalue weighted by molar-refractivity contribution is -0.00145. The topological polar surface area (TPSA) is 46.6 Å². The van der Waals surface area contributed by atoms with Crippen molar-refractivity contribution in [1.82, 2.24) is 3.94 Å². The van der Waals surface area contributed by atoms with E-state index in [1.807, 2.05) is 0 Å². The molecule has 0 spiro atoms. The molecular formula is C8H15Cl2NO3S. The summed E-state index contributed by atoms with van der Waals surface area (Å²) in [4.78, 5) is 0. The predicted octanol–water partition coefficient (Wildman–Crippen LogP) is 2.62. The zero-order valence-corrected chi connectivity index (χ0v) is 10.9. The van der Waals surface area contributed by atoms with E-state index >= 15 is 0 Å². The molecule has 7 heteroatoms. The summed E-state index contributed by atoms with van der Waals surface area (Å²) < 4.78 is 28.2. The summed E-state index contributed by atoms with van der Waals surface area (Å²) in [5.41, 5.74) is -1.08. The second kappa shape index (κ2) is 5.19. The summed E-state index contributed by atoms with van der Waals surface area (Å²) in [6.07, 6.45) is 5.92.